The first-order valence-corrected chi connectivity index (χ1v) is 12.3. The molecule has 1 aliphatic heterocycles. The van der Waals surface area contributed by atoms with Gasteiger partial charge in [0.05, 0.1) is 38.1 Å². The molecule has 1 N–H and O–H groups in total. The van der Waals surface area contributed by atoms with Gasteiger partial charge in [0.15, 0.2) is 5.13 Å². The smallest absolute Gasteiger partial charge is 0.350 e. The number of aliphatic hydroxyl groups excluding tert-OH is 1. The average Bonchev–Trinajstić information content (AvgIpc) is 3.40. The number of methoxy groups -OCH3 is 2. The van der Waals surface area contributed by atoms with E-state index < -0.39 is 23.7 Å². The van der Waals surface area contributed by atoms with Crippen LogP contribution in [0.4, 0.5) is 5.13 Å². The van der Waals surface area contributed by atoms with Gasteiger partial charge in [0.25, 0.3) is 5.78 Å². The number of rotatable bonds is 7. The number of carbonyl (C=O) groups is 3. The van der Waals surface area contributed by atoms with Crippen molar-refractivity contribution in [1.82, 2.24) is 4.98 Å². The van der Waals surface area contributed by atoms with Gasteiger partial charge in [0.1, 0.15) is 22.1 Å². The van der Waals surface area contributed by atoms with E-state index in [0.29, 0.717) is 28.3 Å². The molecule has 4 rings (SSSR count). The molecule has 10 heteroatoms. The summed E-state index contributed by atoms with van der Waals surface area (Å²) in [5.41, 5.74) is 1.94. The van der Waals surface area contributed by atoms with Gasteiger partial charge in [-0.05, 0) is 62.2 Å². The van der Waals surface area contributed by atoms with E-state index in [4.69, 9.17) is 14.2 Å². The zero-order valence-corrected chi connectivity index (χ0v) is 21.8. The monoisotopic (exact) mass is 522 g/mol. The largest absolute Gasteiger partial charge is 0.507 e. The SMILES string of the molecule is CCOC(=O)c1sc(N2C(=O)C(=O)/C(=C(/O)c3ccc(OC)c(C)c3)C2c2ccc(OC)cc2)nc1C. The number of aliphatic hydroxyl groups is 1. The van der Waals surface area contributed by atoms with Gasteiger partial charge in [0.2, 0.25) is 0 Å². The zero-order chi connectivity index (χ0) is 26.9. The Kier molecular flexibility index (Phi) is 7.30. The predicted molar refractivity (Wildman–Crippen MR) is 138 cm³/mol. The number of benzene rings is 2. The molecule has 0 saturated carbocycles. The summed E-state index contributed by atoms with van der Waals surface area (Å²) in [6.07, 6.45) is 0. The summed E-state index contributed by atoms with van der Waals surface area (Å²) < 4.78 is 15.7. The number of amides is 1. The van der Waals surface area contributed by atoms with Gasteiger partial charge < -0.3 is 19.3 Å². The molecule has 0 bridgehead atoms. The number of aromatic nitrogens is 1. The van der Waals surface area contributed by atoms with Gasteiger partial charge >= 0.3 is 11.9 Å². The third-order valence-electron chi connectivity index (χ3n) is 6.00. The molecule has 1 fully saturated rings. The quantitative estimate of drug-likeness (QED) is 0.208. The van der Waals surface area contributed by atoms with Crippen LogP contribution in [-0.2, 0) is 14.3 Å². The van der Waals surface area contributed by atoms with Crippen molar-refractivity contribution in [3.05, 3.63) is 75.3 Å². The van der Waals surface area contributed by atoms with Crippen molar-refractivity contribution in [3.8, 4) is 11.5 Å². The van der Waals surface area contributed by atoms with Crippen LogP contribution >= 0.6 is 11.3 Å². The fourth-order valence-electron chi connectivity index (χ4n) is 4.18. The van der Waals surface area contributed by atoms with E-state index in [1.165, 1.54) is 19.1 Å². The van der Waals surface area contributed by atoms with Crippen molar-refractivity contribution in [2.24, 2.45) is 0 Å². The van der Waals surface area contributed by atoms with Gasteiger partial charge in [-0.1, -0.05) is 23.5 Å². The molecule has 0 radical (unpaired) electrons. The third kappa shape index (κ3) is 4.67. The topological polar surface area (TPSA) is 115 Å². The van der Waals surface area contributed by atoms with Crippen LogP contribution < -0.4 is 14.4 Å². The maximum atomic E-state index is 13.4. The molecule has 1 aliphatic rings. The fraction of sp³-hybridized carbons (Fsp3) is 0.259. The van der Waals surface area contributed by atoms with Gasteiger partial charge in [-0.25, -0.2) is 9.78 Å². The summed E-state index contributed by atoms with van der Waals surface area (Å²) in [6.45, 7) is 5.32. The first kappa shape index (κ1) is 25.9. The highest BCUT2D eigenvalue weighted by Crippen LogP contribution is 2.44. The van der Waals surface area contributed by atoms with Crippen LogP contribution in [0.5, 0.6) is 11.5 Å². The number of aryl methyl sites for hydroxylation is 2. The fourth-order valence-corrected chi connectivity index (χ4v) is 5.17. The summed E-state index contributed by atoms with van der Waals surface area (Å²) in [6, 6.07) is 10.8. The minimum Gasteiger partial charge on any atom is -0.507 e. The lowest BCUT2D eigenvalue weighted by molar-refractivity contribution is -0.132. The summed E-state index contributed by atoms with van der Waals surface area (Å²) in [7, 11) is 3.07. The van der Waals surface area contributed by atoms with Crippen LogP contribution in [0.3, 0.4) is 0 Å². The Bertz CT molecular complexity index is 1410. The first-order valence-electron chi connectivity index (χ1n) is 11.5. The number of esters is 1. The van der Waals surface area contributed by atoms with Crippen molar-refractivity contribution in [3.63, 3.8) is 0 Å². The molecule has 1 saturated heterocycles. The molecule has 37 heavy (non-hydrogen) atoms. The Morgan fingerprint density at radius 3 is 2.38 bits per heavy atom. The lowest BCUT2D eigenvalue weighted by Gasteiger charge is -2.23. The van der Waals surface area contributed by atoms with Crippen molar-refractivity contribution in [1.29, 1.82) is 0 Å². The second-order valence-electron chi connectivity index (χ2n) is 8.26. The summed E-state index contributed by atoms with van der Waals surface area (Å²) in [5, 5.41) is 11.5. The third-order valence-corrected chi connectivity index (χ3v) is 7.13. The van der Waals surface area contributed by atoms with Gasteiger partial charge in [0, 0.05) is 5.56 Å². The Labute approximate surface area is 217 Å². The number of carbonyl (C=O) groups excluding carboxylic acids is 3. The molecule has 1 atom stereocenters. The molecule has 1 aromatic heterocycles. The van der Waals surface area contributed by atoms with E-state index >= 15 is 0 Å². The van der Waals surface area contributed by atoms with Crippen LogP contribution in [0.1, 0.15) is 45.0 Å². The highest BCUT2D eigenvalue weighted by molar-refractivity contribution is 7.17. The highest BCUT2D eigenvalue weighted by Gasteiger charge is 2.48. The molecule has 1 unspecified atom stereocenters. The van der Waals surface area contributed by atoms with E-state index in [1.54, 1.807) is 56.3 Å². The van der Waals surface area contributed by atoms with Crippen LogP contribution in [0.25, 0.3) is 5.76 Å². The van der Waals surface area contributed by atoms with Crippen LogP contribution in [0.15, 0.2) is 48.0 Å². The Morgan fingerprint density at radius 1 is 1.08 bits per heavy atom. The van der Waals surface area contributed by atoms with E-state index in [9.17, 15) is 19.5 Å². The number of ketones is 1. The van der Waals surface area contributed by atoms with E-state index in [-0.39, 0.29) is 27.9 Å². The Balaban J connectivity index is 1.91. The maximum Gasteiger partial charge on any atom is 0.350 e. The van der Waals surface area contributed by atoms with Crippen molar-refractivity contribution in [2.75, 3.05) is 25.7 Å². The summed E-state index contributed by atoms with van der Waals surface area (Å²) in [5.74, 6) is -1.41. The molecular formula is C27H26N2O7S. The summed E-state index contributed by atoms with van der Waals surface area (Å²) >= 11 is 0.955. The molecule has 2 heterocycles. The highest BCUT2D eigenvalue weighted by atomic mass is 32.1. The number of hydrogen-bond acceptors (Lipinski definition) is 9. The van der Waals surface area contributed by atoms with Crippen molar-refractivity contribution < 1.29 is 33.7 Å². The molecule has 1 amide bonds. The van der Waals surface area contributed by atoms with Crippen molar-refractivity contribution >= 4 is 39.9 Å². The van der Waals surface area contributed by atoms with Crippen LogP contribution in [0, 0.1) is 13.8 Å². The van der Waals surface area contributed by atoms with Crippen LogP contribution in [-0.4, -0.2) is 48.6 Å². The maximum absolute atomic E-state index is 13.4. The lowest BCUT2D eigenvalue weighted by Crippen LogP contribution is -2.29. The minimum atomic E-state index is -0.992. The molecule has 192 valence electrons. The number of nitrogens with zero attached hydrogens (tertiary/aromatic N) is 2. The minimum absolute atomic E-state index is 0.0923. The number of hydrogen-bond donors (Lipinski definition) is 1. The number of anilines is 1. The van der Waals surface area contributed by atoms with E-state index in [0.717, 1.165) is 16.9 Å². The molecule has 0 aliphatic carbocycles. The van der Waals surface area contributed by atoms with Gasteiger partial charge in [-0.15, -0.1) is 0 Å². The molecular weight excluding hydrogens is 496 g/mol. The molecule has 9 nitrogen and oxygen atoms in total. The van der Waals surface area contributed by atoms with Gasteiger partial charge in [-0.3, -0.25) is 14.5 Å². The molecule has 3 aromatic rings. The zero-order valence-electron chi connectivity index (χ0n) is 21.0. The second-order valence-corrected chi connectivity index (χ2v) is 9.24. The van der Waals surface area contributed by atoms with Crippen LogP contribution in [0.2, 0.25) is 0 Å². The number of thiazole rings is 1. The number of Topliss-reactive ketones (excluding diaryl/α,β-unsaturated/α-hetero) is 1. The predicted octanol–water partition coefficient (Wildman–Crippen LogP) is 4.58. The second kappa shape index (κ2) is 10.4. The first-order chi connectivity index (χ1) is 17.7. The molecule has 0 spiro atoms. The lowest BCUT2D eigenvalue weighted by atomic mass is 9.95. The Morgan fingerprint density at radius 2 is 1.78 bits per heavy atom. The van der Waals surface area contributed by atoms with Crippen molar-refractivity contribution in [2.45, 2.75) is 26.8 Å². The average molecular weight is 523 g/mol. The summed E-state index contributed by atoms with van der Waals surface area (Å²) in [4.78, 5) is 45.0. The van der Waals surface area contributed by atoms with E-state index in [2.05, 4.69) is 4.98 Å². The number of ether oxygens (including phenoxy) is 3. The van der Waals surface area contributed by atoms with Gasteiger partial charge in [-0.2, -0.15) is 0 Å². The standard InChI is InChI=1S/C27H26N2O7S/c1-6-36-26(33)24-15(3)28-27(37-24)29-21(16-7-10-18(34-4)11-8-16)20(23(31)25(29)32)22(30)17-9-12-19(35-5)14(2)13-17/h7-13,21,30H,6H2,1-5H3/b22-20+. The van der Waals surface area contributed by atoms with E-state index in [1.807, 2.05) is 6.92 Å². The molecule has 2 aromatic carbocycles. The Hall–Kier alpha value is -4.18. The normalized spacial score (nSPS) is 16.7.